The lowest BCUT2D eigenvalue weighted by molar-refractivity contribution is 0.198. The highest BCUT2D eigenvalue weighted by Crippen LogP contribution is 2.17. The van der Waals surface area contributed by atoms with Gasteiger partial charge in [-0.2, -0.15) is 0 Å². The first-order valence-electron chi connectivity index (χ1n) is 4.01. The van der Waals surface area contributed by atoms with Crippen LogP contribution in [0, 0.1) is 0 Å². The number of aliphatic hydroxyl groups is 1. The SMILES string of the molecule is CCSc1ccc(C(C)O)cn1. The summed E-state index contributed by atoms with van der Waals surface area (Å²) in [5.74, 6) is 1.03. The average molecular weight is 183 g/mol. The van der Waals surface area contributed by atoms with Crippen LogP contribution < -0.4 is 0 Å². The molecule has 0 fully saturated rings. The van der Waals surface area contributed by atoms with Gasteiger partial charge < -0.3 is 5.11 Å². The summed E-state index contributed by atoms with van der Waals surface area (Å²) >= 11 is 1.70. The van der Waals surface area contributed by atoms with Crippen LogP contribution in [0.25, 0.3) is 0 Å². The summed E-state index contributed by atoms with van der Waals surface area (Å²) in [4.78, 5) is 4.19. The molecule has 0 radical (unpaired) electrons. The maximum atomic E-state index is 9.20. The second-order valence-corrected chi connectivity index (χ2v) is 3.82. The fraction of sp³-hybridized carbons (Fsp3) is 0.444. The van der Waals surface area contributed by atoms with Crippen molar-refractivity contribution in [1.29, 1.82) is 0 Å². The fourth-order valence-corrected chi connectivity index (χ4v) is 1.46. The molecule has 0 aliphatic carbocycles. The number of rotatable bonds is 3. The highest BCUT2D eigenvalue weighted by molar-refractivity contribution is 7.99. The van der Waals surface area contributed by atoms with Gasteiger partial charge in [0.25, 0.3) is 0 Å². The van der Waals surface area contributed by atoms with Crippen LogP contribution in [0.2, 0.25) is 0 Å². The van der Waals surface area contributed by atoms with Crippen LogP contribution in [0.15, 0.2) is 23.4 Å². The summed E-state index contributed by atoms with van der Waals surface area (Å²) in [6, 6.07) is 3.85. The number of thioether (sulfide) groups is 1. The highest BCUT2D eigenvalue weighted by Gasteiger charge is 2.00. The van der Waals surface area contributed by atoms with Crippen molar-refractivity contribution in [3.05, 3.63) is 23.9 Å². The predicted molar refractivity (Wildman–Crippen MR) is 51.3 cm³/mol. The van der Waals surface area contributed by atoms with Crippen molar-refractivity contribution in [3.8, 4) is 0 Å². The summed E-state index contributed by atoms with van der Waals surface area (Å²) in [5, 5.41) is 10.2. The van der Waals surface area contributed by atoms with E-state index in [2.05, 4.69) is 11.9 Å². The van der Waals surface area contributed by atoms with E-state index in [4.69, 9.17) is 0 Å². The Morgan fingerprint density at radius 1 is 1.58 bits per heavy atom. The van der Waals surface area contributed by atoms with Gasteiger partial charge in [0.05, 0.1) is 11.1 Å². The molecule has 1 unspecified atom stereocenters. The second kappa shape index (κ2) is 4.48. The molecular weight excluding hydrogens is 170 g/mol. The lowest BCUT2D eigenvalue weighted by Crippen LogP contribution is -1.92. The molecule has 66 valence electrons. The van der Waals surface area contributed by atoms with Gasteiger partial charge in [0.2, 0.25) is 0 Å². The lowest BCUT2D eigenvalue weighted by atomic mass is 10.2. The molecule has 0 saturated heterocycles. The number of aliphatic hydroxyl groups excluding tert-OH is 1. The molecule has 2 nitrogen and oxygen atoms in total. The minimum absolute atomic E-state index is 0.418. The van der Waals surface area contributed by atoms with Gasteiger partial charge in [0, 0.05) is 6.20 Å². The van der Waals surface area contributed by atoms with Crippen molar-refractivity contribution in [2.75, 3.05) is 5.75 Å². The van der Waals surface area contributed by atoms with Crippen molar-refractivity contribution in [2.45, 2.75) is 25.0 Å². The van der Waals surface area contributed by atoms with Crippen LogP contribution in [0.4, 0.5) is 0 Å². The van der Waals surface area contributed by atoms with Crippen LogP contribution in [0.3, 0.4) is 0 Å². The zero-order valence-corrected chi connectivity index (χ0v) is 8.14. The molecule has 3 heteroatoms. The maximum Gasteiger partial charge on any atom is 0.0959 e. The first kappa shape index (κ1) is 9.55. The van der Waals surface area contributed by atoms with E-state index in [0.29, 0.717) is 0 Å². The summed E-state index contributed by atoms with van der Waals surface area (Å²) < 4.78 is 0. The lowest BCUT2D eigenvalue weighted by Gasteiger charge is -2.03. The van der Waals surface area contributed by atoms with Gasteiger partial charge in [-0.3, -0.25) is 0 Å². The normalized spacial score (nSPS) is 12.9. The molecule has 0 aromatic carbocycles. The molecule has 1 aromatic rings. The Morgan fingerprint density at radius 3 is 2.75 bits per heavy atom. The molecule has 0 amide bonds. The van der Waals surface area contributed by atoms with Crippen LogP contribution in [-0.4, -0.2) is 15.8 Å². The maximum absolute atomic E-state index is 9.20. The van der Waals surface area contributed by atoms with E-state index in [1.54, 1.807) is 24.9 Å². The molecule has 1 atom stereocenters. The predicted octanol–water partition coefficient (Wildman–Crippen LogP) is 2.25. The van der Waals surface area contributed by atoms with Crippen molar-refractivity contribution in [2.24, 2.45) is 0 Å². The Labute approximate surface area is 77.0 Å². The highest BCUT2D eigenvalue weighted by atomic mass is 32.2. The summed E-state index contributed by atoms with van der Waals surface area (Å²) in [7, 11) is 0. The molecule has 0 spiro atoms. The molecule has 1 heterocycles. The average Bonchev–Trinajstić information content (AvgIpc) is 2.06. The van der Waals surface area contributed by atoms with E-state index >= 15 is 0 Å². The Hall–Kier alpha value is -0.540. The summed E-state index contributed by atoms with van der Waals surface area (Å²) in [5.41, 5.74) is 0.871. The monoisotopic (exact) mass is 183 g/mol. The largest absolute Gasteiger partial charge is 0.389 e. The topological polar surface area (TPSA) is 33.1 Å². The van der Waals surface area contributed by atoms with Gasteiger partial charge in [0.1, 0.15) is 0 Å². The van der Waals surface area contributed by atoms with E-state index in [-0.39, 0.29) is 0 Å². The van der Waals surface area contributed by atoms with Gasteiger partial charge in [-0.05, 0) is 24.3 Å². The van der Waals surface area contributed by atoms with Crippen LogP contribution >= 0.6 is 11.8 Å². The van der Waals surface area contributed by atoms with Crippen molar-refractivity contribution in [1.82, 2.24) is 4.98 Å². The third-order valence-corrected chi connectivity index (χ3v) is 2.36. The number of aromatic nitrogens is 1. The second-order valence-electron chi connectivity index (χ2n) is 2.54. The minimum atomic E-state index is -0.418. The van der Waals surface area contributed by atoms with Crippen molar-refractivity contribution < 1.29 is 5.11 Å². The number of nitrogens with zero attached hydrogens (tertiary/aromatic N) is 1. The van der Waals surface area contributed by atoms with Gasteiger partial charge in [-0.15, -0.1) is 11.8 Å². The third kappa shape index (κ3) is 2.50. The quantitative estimate of drug-likeness (QED) is 0.730. The van der Waals surface area contributed by atoms with Crippen molar-refractivity contribution in [3.63, 3.8) is 0 Å². The molecule has 1 aromatic heterocycles. The Kier molecular flexibility index (Phi) is 3.56. The van der Waals surface area contributed by atoms with E-state index in [1.165, 1.54) is 0 Å². The fourth-order valence-electron chi connectivity index (χ4n) is 0.872. The summed E-state index contributed by atoms with van der Waals surface area (Å²) in [6.45, 7) is 3.83. The number of hydrogen-bond acceptors (Lipinski definition) is 3. The molecule has 0 bridgehead atoms. The smallest absolute Gasteiger partial charge is 0.0959 e. The number of pyridine rings is 1. The zero-order chi connectivity index (χ0) is 8.97. The van der Waals surface area contributed by atoms with Gasteiger partial charge in [-0.25, -0.2) is 4.98 Å². The van der Waals surface area contributed by atoms with Gasteiger partial charge in [0.15, 0.2) is 0 Å². The number of hydrogen-bond donors (Lipinski definition) is 1. The van der Waals surface area contributed by atoms with E-state index in [1.807, 2.05) is 12.1 Å². The first-order chi connectivity index (χ1) is 5.74. The molecule has 0 aliphatic heterocycles. The van der Waals surface area contributed by atoms with E-state index < -0.39 is 6.10 Å². The zero-order valence-electron chi connectivity index (χ0n) is 7.32. The van der Waals surface area contributed by atoms with Crippen LogP contribution in [0.5, 0.6) is 0 Å². The Bertz CT molecular complexity index is 233. The van der Waals surface area contributed by atoms with Crippen LogP contribution in [0.1, 0.15) is 25.5 Å². The molecule has 12 heavy (non-hydrogen) atoms. The molecule has 0 aliphatic rings. The summed E-state index contributed by atoms with van der Waals surface area (Å²) in [6.07, 6.45) is 1.31. The molecule has 1 rings (SSSR count). The van der Waals surface area contributed by atoms with E-state index in [0.717, 1.165) is 16.3 Å². The molecular formula is C9H13NOS. The minimum Gasteiger partial charge on any atom is -0.389 e. The van der Waals surface area contributed by atoms with Gasteiger partial charge >= 0.3 is 0 Å². The third-order valence-electron chi connectivity index (χ3n) is 1.53. The Balaban J connectivity index is 2.71. The molecule has 0 saturated carbocycles. The standard InChI is InChI=1S/C9H13NOS/c1-3-12-9-5-4-8(6-10-9)7(2)11/h4-7,11H,3H2,1-2H3. The van der Waals surface area contributed by atoms with E-state index in [9.17, 15) is 5.11 Å². The van der Waals surface area contributed by atoms with Crippen molar-refractivity contribution >= 4 is 11.8 Å². The van der Waals surface area contributed by atoms with Gasteiger partial charge in [-0.1, -0.05) is 13.0 Å². The Morgan fingerprint density at radius 2 is 2.33 bits per heavy atom. The first-order valence-corrected chi connectivity index (χ1v) is 4.99. The molecule has 1 N–H and O–H groups in total. The van der Waals surface area contributed by atoms with Crippen LogP contribution in [-0.2, 0) is 0 Å².